The molecule has 0 saturated carbocycles. The summed E-state index contributed by atoms with van der Waals surface area (Å²) in [6.07, 6.45) is 1.59. The normalized spacial score (nSPS) is 19.6. The van der Waals surface area contributed by atoms with Gasteiger partial charge in [0.1, 0.15) is 5.82 Å². The highest BCUT2D eigenvalue weighted by molar-refractivity contribution is 8.13. The number of carbonyl (C=O) groups is 1. The number of ether oxygens (including phenoxy) is 1. The van der Waals surface area contributed by atoms with E-state index >= 15 is 0 Å². The molecular formula is C12H13ClFNO4S. The average Bonchev–Trinajstić information content (AvgIpc) is 2.38. The van der Waals surface area contributed by atoms with E-state index in [-0.39, 0.29) is 11.6 Å². The molecule has 1 saturated heterocycles. The number of halogens is 2. The summed E-state index contributed by atoms with van der Waals surface area (Å²) in [7, 11) is 1.07. The first-order chi connectivity index (χ1) is 9.36. The van der Waals surface area contributed by atoms with Gasteiger partial charge >= 0.3 is 0 Å². The Balaban J connectivity index is 2.19. The van der Waals surface area contributed by atoms with Crippen molar-refractivity contribution in [2.24, 2.45) is 0 Å². The molecular weight excluding hydrogens is 309 g/mol. The zero-order valence-electron chi connectivity index (χ0n) is 10.4. The number of nitrogens with one attached hydrogen (secondary N) is 1. The maximum atomic E-state index is 13.4. The van der Waals surface area contributed by atoms with Gasteiger partial charge in [-0.2, -0.15) is 0 Å². The maximum absolute atomic E-state index is 13.4. The molecule has 20 heavy (non-hydrogen) atoms. The fraction of sp³-hybridized carbons (Fsp3) is 0.417. The predicted octanol–water partition coefficient (Wildman–Crippen LogP) is 1.66. The van der Waals surface area contributed by atoms with E-state index in [1.54, 1.807) is 0 Å². The third kappa shape index (κ3) is 3.91. The van der Waals surface area contributed by atoms with E-state index in [4.69, 9.17) is 15.4 Å². The molecule has 1 atom stereocenters. The highest BCUT2D eigenvalue weighted by Gasteiger charge is 2.20. The van der Waals surface area contributed by atoms with Gasteiger partial charge in [-0.15, -0.1) is 0 Å². The van der Waals surface area contributed by atoms with Gasteiger partial charge < -0.3 is 10.1 Å². The van der Waals surface area contributed by atoms with Crippen LogP contribution in [0.4, 0.5) is 4.39 Å². The number of hydrogen-bond acceptors (Lipinski definition) is 4. The smallest absolute Gasteiger partial charge is 0.261 e. The van der Waals surface area contributed by atoms with Gasteiger partial charge in [0.25, 0.3) is 15.0 Å². The monoisotopic (exact) mass is 321 g/mol. The largest absolute Gasteiger partial charge is 0.379 e. The lowest BCUT2D eigenvalue weighted by molar-refractivity contribution is 0.0624. The summed E-state index contributed by atoms with van der Waals surface area (Å²) in [5.41, 5.74) is -0.0881. The molecule has 1 aromatic carbocycles. The molecule has 0 radical (unpaired) electrons. The molecule has 1 aliphatic rings. The van der Waals surface area contributed by atoms with Gasteiger partial charge in [0.2, 0.25) is 0 Å². The SMILES string of the molecule is O=C(NC1CCCOC1)c1cc(F)cc(S(=O)(=O)Cl)c1. The van der Waals surface area contributed by atoms with Crippen LogP contribution >= 0.6 is 10.7 Å². The average molecular weight is 322 g/mol. The van der Waals surface area contributed by atoms with Crippen LogP contribution in [0.3, 0.4) is 0 Å². The third-order valence-corrected chi connectivity index (χ3v) is 4.24. The van der Waals surface area contributed by atoms with E-state index in [0.29, 0.717) is 13.2 Å². The molecule has 0 aromatic heterocycles. The minimum Gasteiger partial charge on any atom is -0.379 e. The zero-order chi connectivity index (χ0) is 14.8. The van der Waals surface area contributed by atoms with Crippen LogP contribution in [0.2, 0.25) is 0 Å². The Morgan fingerprint density at radius 3 is 2.75 bits per heavy atom. The molecule has 0 spiro atoms. The van der Waals surface area contributed by atoms with Crippen molar-refractivity contribution in [1.82, 2.24) is 5.32 Å². The molecule has 0 aliphatic carbocycles. The summed E-state index contributed by atoms with van der Waals surface area (Å²) < 4.78 is 41.0. The van der Waals surface area contributed by atoms with Crippen LogP contribution < -0.4 is 5.32 Å². The predicted molar refractivity (Wildman–Crippen MR) is 70.7 cm³/mol. The Hall–Kier alpha value is -1.18. The van der Waals surface area contributed by atoms with Crippen molar-refractivity contribution in [3.8, 4) is 0 Å². The topological polar surface area (TPSA) is 72.5 Å². The van der Waals surface area contributed by atoms with E-state index in [2.05, 4.69) is 5.32 Å². The highest BCUT2D eigenvalue weighted by Crippen LogP contribution is 2.19. The summed E-state index contributed by atoms with van der Waals surface area (Å²) in [6.45, 7) is 1.04. The molecule has 1 amide bonds. The lowest BCUT2D eigenvalue weighted by Crippen LogP contribution is -2.40. The van der Waals surface area contributed by atoms with Gasteiger partial charge in [0.15, 0.2) is 0 Å². The number of rotatable bonds is 3. The Labute approximate surface area is 120 Å². The zero-order valence-corrected chi connectivity index (χ0v) is 12.0. The first-order valence-corrected chi connectivity index (χ1v) is 8.31. The number of amides is 1. The third-order valence-electron chi connectivity index (χ3n) is 2.91. The van der Waals surface area contributed by atoms with Gasteiger partial charge in [-0.05, 0) is 31.0 Å². The fourth-order valence-corrected chi connectivity index (χ4v) is 2.75. The molecule has 1 unspecified atom stereocenters. The van der Waals surface area contributed by atoms with Gasteiger partial charge in [-0.3, -0.25) is 4.79 Å². The lowest BCUT2D eigenvalue weighted by atomic mass is 10.1. The quantitative estimate of drug-likeness (QED) is 0.859. The van der Waals surface area contributed by atoms with Crippen LogP contribution in [-0.2, 0) is 13.8 Å². The first kappa shape index (κ1) is 15.2. The van der Waals surface area contributed by atoms with Crippen molar-refractivity contribution in [3.63, 3.8) is 0 Å². The van der Waals surface area contributed by atoms with Gasteiger partial charge in [-0.25, -0.2) is 12.8 Å². The van der Waals surface area contributed by atoms with Crippen LogP contribution in [0.1, 0.15) is 23.2 Å². The van der Waals surface area contributed by atoms with Crippen molar-refractivity contribution in [2.45, 2.75) is 23.8 Å². The Morgan fingerprint density at radius 2 is 2.15 bits per heavy atom. The first-order valence-electron chi connectivity index (χ1n) is 6.00. The van der Waals surface area contributed by atoms with E-state index in [1.807, 2.05) is 0 Å². The minimum absolute atomic E-state index is 0.0881. The summed E-state index contributed by atoms with van der Waals surface area (Å²) in [4.78, 5) is 11.5. The molecule has 2 rings (SSSR count). The van der Waals surface area contributed by atoms with Crippen LogP contribution in [-0.4, -0.2) is 33.6 Å². The van der Waals surface area contributed by atoms with Crippen molar-refractivity contribution >= 4 is 25.6 Å². The molecule has 1 heterocycles. The van der Waals surface area contributed by atoms with Crippen LogP contribution in [0.5, 0.6) is 0 Å². The second-order valence-electron chi connectivity index (χ2n) is 4.50. The molecule has 1 aliphatic heterocycles. The minimum atomic E-state index is -4.09. The van der Waals surface area contributed by atoms with Crippen LogP contribution in [0.15, 0.2) is 23.1 Å². The van der Waals surface area contributed by atoms with Gasteiger partial charge in [-0.1, -0.05) is 0 Å². The Morgan fingerprint density at radius 1 is 1.40 bits per heavy atom. The Kier molecular flexibility index (Phi) is 4.62. The summed E-state index contributed by atoms with van der Waals surface area (Å²) in [6, 6.07) is 2.62. The number of hydrogen-bond donors (Lipinski definition) is 1. The standard InChI is InChI=1S/C12H13ClFNO4S/c13-20(17,18)11-5-8(4-9(14)6-11)12(16)15-10-2-1-3-19-7-10/h4-6,10H,1-3,7H2,(H,15,16). The fourth-order valence-electron chi connectivity index (χ4n) is 1.96. The van der Waals surface area contributed by atoms with Crippen LogP contribution in [0, 0.1) is 5.82 Å². The second kappa shape index (κ2) is 6.07. The van der Waals surface area contributed by atoms with E-state index in [9.17, 15) is 17.6 Å². The maximum Gasteiger partial charge on any atom is 0.261 e. The van der Waals surface area contributed by atoms with Gasteiger partial charge in [0, 0.05) is 22.9 Å². The molecule has 1 N–H and O–H groups in total. The summed E-state index contributed by atoms with van der Waals surface area (Å²) in [5.74, 6) is -1.39. The van der Waals surface area contributed by atoms with E-state index in [1.165, 1.54) is 0 Å². The Bertz CT molecular complexity index is 614. The molecule has 0 bridgehead atoms. The number of carbonyl (C=O) groups excluding carboxylic acids is 1. The second-order valence-corrected chi connectivity index (χ2v) is 7.07. The van der Waals surface area contributed by atoms with Gasteiger partial charge in [0.05, 0.1) is 17.5 Å². The van der Waals surface area contributed by atoms with Crippen molar-refractivity contribution in [1.29, 1.82) is 0 Å². The highest BCUT2D eigenvalue weighted by atomic mass is 35.7. The molecule has 1 aromatic rings. The lowest BCUT2D eigenvalue weighted by Gasteiger charge is -2.23. The van der Waals surface area contributed by atoms with E-state index < -0.39 is 25.7 Å². The van der Waals surface area contributed by atoms with E-state index in [0.717, 1.165) is 31.0 Å². The molecule has 1 fully saturated rings. The van der Waals surface area contributed by atoms with Crippen molar-refractivity contribution < 1.29 is 22.3 Å². The number of benzene rings is 1. The molecule has 5 nitrogen and oxygen atoms in total. The molecule has 110 valence electrons. The summed E-state index contributed by atoms with van der Waals surface area (Å²) in [5, 5.41) is 2.67. The summed E-state index contributed by atoms with van der Waals surface area (Å²) >= 11 is 0. The molecule has 8 heteroatoms. The van der Waals surface area contributed by atoms with Crippen molar-refractivity contribution in [3.05, 3.63) is 29.6 Å². The van der Waals surface area contributed by atoms with Crippen LogP contribution in [0.25, 0.3) is 0 Å². The van der Waals surface area contributed by atoms with Crippen molar-refractivity contribution in [2.75, 3.05) is 13.2 Å².